The van der Waals surface area contributed by atoms with Crippen LogP contribution >= 0.6 is 0 Å². The first-order chi connectivity index (χ1) is 11.5. The molecule has 0 aliphatic carbocycles. The highest BCUT2D eigenvalue weighted by atomic mass is 16.5. The van der Waals surface area contributed by atoms with Gasteiger partial charge in [-0.3, -0.25) is 9.69 Å². The molecule has 2 atom stereocenters. The van der Waals surface area contributed by atoms with Gasteiger partial charge in [0.25, 0.3) is 0 Å². The number of carbonyl (C=O) groups is 2. The summed E-state index contributed by atoms with van der Waals surface area (Å²) in [5, 5.41) is 0. The Morgan fingerprint density at radius 3 is 2.21 bits per heavy atom. The van der Waals surface area contributed by atoms with Crippen molar-refractivity contribution in [2.75, 3.05) is 20.2 Å². The zero-order valence-electron chi connectivity index (χ0n) is 15.1. The lowest BCUT2D eigenvalue weighted by Crippen LogP contribution is -2.58. The van der Waals surface area contributed by atoms with Crippen LogP contribution in [0.25, 0.3) is 0 Å². The van der Waals surface area contributed by atoms with Crippen molar-refractivity contribution in [2.24, 2.45) is 0 Å². The Morgan fingerprint density at radius 1 is 1.12 bits per heavy atom. The zero-order valence-corrected chi connectivity index (χ0v) is 15.1. The quantitative estimate of drug-likeness (QED) is 0.778. The summed E-state index contributed by atoms with van der Waals surface area (Å²) >= 11 is 0. The average Bonchev–Trinajstić information content (AvgIpc) is 2.54. The molecule has 1 heterocycles. The molecule has 2 rings (SSSR count). The molecule has 1 aliphatic rings. The number of carbonyl (C=O) groups excluding carboxylic acids is 2. The van der Waals surface area contributed by atoms with Gasteiger partial charge in [0.2, 0.25) is 5.91 Å². The summed E-state index contributed by atoms with van der Waals surface area (Å²) in [5.74, 6) is -0.0496. The molecule has 1 aromatic carbocycles. The normalized spacial score (nSPS) is 21.6. The molecular weight excluding hydrogens is 304 g/mol. The van der Waals surface area contributed by atoms with Gasteiger partial charge < -0.3 is 9.64 Å². The molecule has 0 spiro atoms. The van der Waals surface area contributed by atoms with E-state index in [0.717, 1.165) is 31.6 Å². The van der Waals surface area contributed by atoms with Crippen LogP contribution in [0.1, 0.15) is 49.5 Å². The van der Waals surface area contributed by atoms with Gasteiger partial charge in [0.1, 0.15) is 0 Å². The van der Waals surface area contributed by atoms with Crippen LogP contribution in [0.3, 0.4) is 0 Å². The number of hydrogen-bond acceptors (Lipinski definition) is 4. The molecule has 0 radical (unpaired) electrons. The maximum Gasteiger partial charge on any atom is 0.337 e. The minimum absolute atomic E-state index is 0.224. The lowest BCUT2D eigenvalue weighted by Gasteiger charge is -2.44. The minimum Gasteiger partial charge on any atom is -0.465 e. The van der Waals surface area contributed by atoms with E-state index >= 15 is 0 Å². The number of ether oxygens (including phenoxy) is 1. The molecule has 1 saturated heterocycles. The summed E-state index contributed by atoms with van der Waals surface area (Å²) in [4.78, 5) is 28.2. The zero-order chi connectivity index (χ0) is 17.7. The van der Waals surface area contributed by atoms with Crippen LogP contribution in [-0.4, -0.2) is 54.0 Å². The molecule has 0 aromatic heterocycles. The van der Waals surface area contributed by atoms with Crippen molar-refractivity contribution in [1.29, 1.82) is 0 Å². The molecule has 1 aliphatic heterocycles. The number of hydrogen-bond donors (Lipinski definition) is 0. The predicted octanol–water partition coefficient (Wildman–Crippen LogP) is 2.69. The Labute approximate surface area is 144 Å². The van der Waals surface area contributed by atoms with Crippen LogP contribution in [0.2, 0.25) is 0 Å². The molecule has 0 unspecified atom stereocenters. The van der Waals surface area contributed by atoms with Crippen LogP contribution in [-0.2, 0) is 16.1 Å². The van der Waals surface area contributed by atoms with Crippen LogP contribution in [0, 0.1) is 0 Å². The van der Waals surface area contributed by atoms with Crippen molar-refractivity contribution in [3.63, 3.8) is 0 Å². The molecule has 0 N–H and O–H groups in total. The Hall–Kier alpha value is -1.88. The highest BCUT2D eigenvalue weighted by Gasteiger charge is 2.32. The molecule has 1 amide bonds. The van der Waals surface area contributed by atoms with Gasteiger partial charge >= 0.3 is 5.97 Å². The number of benzene rings is 1. The fourth-order valence-corrected chi connectivity index (χ4v) is 3.52. The van der Waals surface area contributed by atoms with Gasteiger partial charge in [0.05, 0.1) is 12.7 Å². The number of methoxy groups -OCH3 is 1. The topological polar surface area (TPSA) is 49.9 Å². The Bertz CT molecular complexity index is 558. The van der Waals surface area contributed by atoms with E-state index in [-0.39, 0.29) is 24.0 Å². The largest absolute Gasteiger partial charge is 0.465 e. The summed E-state index contributed by atoms with van der Waals surface area (Å²) in [7, 11) is 1.39. The number of esters is 1. The monoisotopic (exact) mass is 332 g/mol. The SMILES string of the molecule is CCCC(=O)N1[C@H](C)CN(Cc2ccc(C(=O)OC)cc2)C[C@@H]1C. The van der Waals surface area contributed by atoms with E-state index in [0.29, 0.717) is 12.0 Å². The third kappa shape index (κ3) is 4.35. The van der Waals surface area contributed by atoms with E-state index in [1.807, 2.05) is 24.0 Å². The van der Waals surface area contributed by atoms with E-state index in [1.165, 1.54) is 7.11 Å². The van der Waals surface area contributed by atoms with Gasteiger partial charge in [0, 0.05) is 38.1 Å². The lowest BCUT2D eigenvalue weighted by atomic mass is 10.0. The van der Waals surface area contributed by atoms with Gasteiger partial charge in [-0.2, -0.15) is 0 Å². The molecule has 0 saturated carbocycles. The number of amides is 1. The van der Waals surface area contributed by atoms with Gasteiger partial charge in [-0.05, 0) is 38.0 Å². The minimum atomic E-state index is -0.313. The van der Waals surface area contributed by atoms with Gasteiger partial charge in [-0.15, -0.1) is 0 Å². The highest BCUT2D eigenvalue weighted by molar-refractivity contribution is 5.89. The average molecular weight is 332 g/mol. The second kappa shape index (κ2) is 8.29. The maximum absolute atomic E-state index is 12.3. The van der Waals surface area contributed by atoms with E-state index in [9.17, 15) is 9.59 Å². The summed E-state index contributed by atoms with van der Waals surface area (Å²) in [6.07, 6.45) is 1.52. The fourth-order valence-electron chi connectivity index (χ4n) is 3.52. The van der Waals surface area contributed by atoms with Crippen molar-refractivity contribution in [3.8, 4) is 0 Å². The summed E-state index contributed by atoms with van der Waals surface area (Å²) in [6, 6.07) is 7.99. The van der Waals surface area contributed by atoms with Crippen molar-refractivity contribution in [2.45, 2.75) is 52.2 Å². The second-order valence-corrected chi connectivity index (χ2v) is 6.63. The molecule has 1 aromatic rings. The summed E-state index contributed by atoms with van der Waals surface area (Å²) in [6.45, 7) is 8.86. The summed E-state index contributed by atoms with van der Waals surface area (Å²) < 4.78 is 4.72. The van der Waals surface area contributed by atoms with E-state index < -0.39 is 0 Å². The van der Waals surface area contributed by atoms with Crippen molar-refractivity contribution < 1.29 is 14.3 Å². The smallest absolute Gasteiger partial charge is 0.337 e. The second-order valence-electron chi connectivity index (χ2n) is 6.63. The molecule has 5 nitrogen and oxygen atoms in total. The van der Waals surface area contributed by atoms with Crippen LogP contribution in [0.5, 0.6) is 0 Å². The third-order valence-corrected chi connectivity index (χ3v) is 4.53. The molecular formula is C19H28N2O3. The van der Waals surface area contributed by atoms with E-state index in [2.05, 4.69) is 18.7 Å². The lowest BCUT2D eigenvalue weighted by molar-refractivity contribution is -0.139. The van der Waals surface area contributed by atoms with Crippen LogP contribution in [0.15, 0.2) is 24.3 Å². The fraction of sp³-hybridized carbons (Fsp3) is 0.579. The van der Waals surface area contributed by atoms with Crippen LogP contribution < -0.4 is 0 Å². The molecule has 132 valence electrons. The van der Waals surface area contributed by atoms with Crippen molar-refractivity contribution in [3.05, 3.63) is 35.4 Å². The first kappa shape index (κ1) is 18.5. The molecule has 24 heavy (non-hydrogen) atoms. The standard InChI is InChI=1S/C19H28N2O3/c1-5-6-18(22)21-14(2)11-20(12-15(21)3)13-16-7-9-17(10-8-16)19(23)24-4/h7-10,14-15H,5-6,11-13H2,1-4H3/t14-,15+. The molecule has 1 fully saturated rings. The first-order valence-corrected chi connectivity index (χ1v) is 8.67. The van der Waals surface area contributed by atoms with Crippen LogP contribution in [0.4, 0.5) is 0 Å². The predicted molar refractivity (Wildman–Crippen MR) is 93.7 cm³/mol. The van der Waals surface area contributed by atoms with Crippen molar-refractivity contribution >= 4 is 11.9 Å². The maximum atomic E-state index is 12.3. The van der Waals surface area contributed by atoms with Crippen molar-refractivity contribution in [1.82, 2.24) is 9.80 Å². The Kier molecular flexibility index (Phi) is 6.37. The van der Waals surface area contributed by atoms with E-state index in [4.69, 9.17) is 4.74 Å². The third-order valence-electron chi connectivity index (χ3n) is 4.53. The Balaban J connectivity index is 1.97. The molecule has 0 bridgehead atoms. The number of piperazine rings is 1. The van der Waals surface area contributed by atoms with Gasteiger partial charge in [0.15, 0.2) is 0 Å². The van der Waals surface area contributed by atoms with E-state index in [1.54, 1.807) is 12.1 Å². The van der Waals surface area contributed by atoms with Gasteiger partial charge in [-0.25, -0.2) is 4.79 Å². The Morgan fingerprint density at radius 2 is 1.71 bits per heavy atom. The van der Waals surface area contributed by atoms with Gasteiger partial charge in [-0.1, -0.05) is 19.1 Å². The number of nitrogens with zero attached hydrogens (tertiary/aromatic N) is 2. The molecule has 5 heteroatoms. The summed E-state index contributed by atoms with van der Waals surface area (Å²) in [5.41, 5.74) is 1.73. The first-order valence-electron chi connectivity index (χ1n) is 8.67. The highest BCUT2D eigenvalue weighted by Crippen LogP contribution is 2.19. The number of rotatable bonds is 5.